The lowest BCUT2D eigenvalue weighted by Crippen LogP contribution is -2.57. The summed E-state index contributed by atoms with van der Waals surface area (Å²) in [7, 11) is 0. The molecule has 5 atom stereocenters. The first-order chi connectivity index (χ1) is 19.0. The molecule has 0 aromatic heterocycles. The number of amides is 1. The van der Waals surface area contributed by atoms with Crippen molar-refractivity contribution in [1.29, 1.82) is 0 Å². The molecule has 3 N–H and O–H groups in total. The molecule has 0 radical (unpaired) electrons. The second-order valence-corrected chi connectivity index (χ2v) is 13.2. The SMILES string of the molecule is C[C@H]1[C@@H](N=C(Nc2ccc(C(=O)NCCc3ccc(Cl)cc3Cl)c(F)c2)N2CCN[C@@H](C)C2)C[C@@H]2C[C@@H]1C2(C)C. The fraction of sp³-hybridized carbons (Fsp3) is 0.548. The van der Waals surface area contributed by atoms with Gasteiger partial charge in [-0.2, -0.15) is 0 Å². The van der Waals surface area contributed by atoms with E-state index in [1.807, 2.05) is 6.07 Å². The van der Waals surface area contributed by atoms with E-state index in [0.29, 0.717) is 57.9 Å². The summed E-state index contributed by atoms with van der Waals surface area (Å²) in [4.78, 5) is 20.3. The van der Waals surface area contributed by atoms with Crippen molar-refractivity contribution in [2.24, 2.45) is 28.2 Å². The van der Waals surface area contributed by atoms with Crippen molar-refractivity contribution in [3.63, 3.8) is 0 Å². The molecule has 216 valence electrons. The van der Waals surface area contributed by atoms with Gasteiger partial charge in [0.25, 0.3) is 5.91 Å². The number of carbonyl (C=O) groups is 1. The van der Waals surface area contributed by atoms with Gasteiger partial charge in [-0.3, -0.25) is 4.79 Å². The Hall–Kier alpha value is -2.35. The molecule has 1 heterocycles. The zero-order chi connectivity index (χ0) is 28.6. The molecule has 6 nitrogen and oxygen atoms in total. The van der Waals surface area contributed by atoms with Crippen molar-refractivity contribution < 1.29 is 9.18 Å². The first-order valence-electron chi connectivity index (χ1n) is 14.4. The van der Waals surface area contributed by atoms with E-state index in [-0.39, 0.29) is 11.6 Å². The van der Waals surface area contributed by atoms with Gasteiger partial charge in [0.15, 0.2) is 5.96 Å². The van der Waals surface area contributed by atoms with Crippen molar-refractivity contribution in [2.75, 3.05) is 31.5 Å². The van der Waals surface area contributed by atoms with E-state index in [1.54, 1.807) is 18.2 Å². The van der Waals surface area contributed by atoms with Gasteiger partial charge in [-0.25, -0.2) is 9.38 Å². The number of benzene rings is 2. The van der Waals surface area contributed by atoms with Crippen LogP contribution in [-0.2, 0) is 6.42 Å². The van der Waals surface area contributed by atoms with Crippen LogP contribution in [0.3, 0.4) is 0 Å². The minimum atomic E-state index is -0.575. The minimum Gasteiger partial charge on any atom is -0.352 e. The molecule has 40 heavy (non-hydrogen) atoms. The van der Waals surface area contributed by atoms with E-state index in [1.165, 1.54) is 18.6 Å². The molecule has 3 saturated carbocycles. The number of piperazine rings is 1. The molecule has 1 amide bonds. The fourth-order valence-corrected chi connectivity index (χ4v) is 7.31. The van der Waals surface area contributed by atoms with Gasteiger partial charge >= 0.3 is 0 Å². The largest absolute Gasteiger partial charge is 0.352 e. The van der Waals surface area contributed by atoms with Gasteiger partial charge in [0.2, 0.25) is 0 Å². The Labute approximate surface area is 247 Å². The van der Waals surface area contributed by atoms with Crippen molar-refractivity contribution in [3.8, 4) is 0 Å². The number of halogens is 3. The van der Waals surface area contributed by atoms with Crippen LogP contribution in [0.25, 0.3) is 0 Å². The molecule has 3 aliphatic carbocycles. The van der Waals surface area contributed by atoms with Crippen molar-refractivity contribution in [3.05, 3.63) is 63.4 Å². The Morgan fingerprint density at radius 1 is 1.18 bits per heavy atom. The highest BCUT2D eigenvalue weighted by Gasteiger charge is 2.56. The van der Waals surface area contributed by atoms with Gasteiger partial charge in [-0.15, -0.1) is 0 Å². The van der Waals surface area contributed by atoms with E-state index in [4.69, 9.17) is 28.2 Å². The number of hydrogen-bond acceptors (Lipinski definition) is 3. The highest BCUT2D eigenvalue weighted by molar-refractivity contribution is 6.35. The number of aliphatic imine (C=N–C) groups is 1. The predicted molar refractivity (Wildman–Crippen MR) is 162 cm³/mol. The van der Waals surface area contributed by atoms with Gasteiger partial charge in [0, 0.05) is 48.0 Å². The number of hydrogen-bond donors (Lipinski definition) is 3. The predicted octanol–water partition coefficient (Wildman–Crippen LogP) is 6.24. The smallest absolute Gasteiger partial charge is 0.254 e. The molecule has 6 rings (SSSR count). The molecule has 4 fully saturated rings. The lowest BCUT2D eigenvalue weighted by atomic mass is 9.45. The molecule has 2 aromatic carbocycles. The number of carbonyl (C=O) groups excluding carboxylic acids is 1. The number of nitrogens with zero attached hydrogens (tertiary/aromatic N) is 2. The van der Waals surface area contributed by atoms with E-state index < -0.39 is 11.7 Å². The van der Waals surface area contributed by atoms with Crippen molar-refractivity contribution in [2.45, 2.75) is 59.0 Å². The Bertz CT molecular complexity index is 1280. The van der Waals surface area contributed by atoms with Crippen LogP contribution in [0.5, 0.6) is 0 Å². The normalized spacial score (nSPS) is 27.6. The second-order valence-electron chi connectivity index (χ2n) is 12.3. The maximum absolute atomic E-state index is 15.2. The molecule has 0 unspecified atom stereocenters. The van der Waals surface area contributed by atoms with E-state index in [0.717, 1.165) is 37.6 Å². The second kappa shape index (κ2) is 11.9. The monoisotopic (exact) mass is 587 g/mol. The van der Waals surface area contributed by atoms with Crippen LogP contribution in [0.2, 0.25) is 10.0 Å². The van der Waals surface area contributed by atoms with Crippen LogP contribution in [0, 0.1) is 29.0 Å². The van der Waals surface area contributed by atoms with E-state index in [2.05, 4.69) is 48.5 Å². The van der Waals surface area contributed by atoms with Crippen LogP contribution >= 0.6 is 23.2 Å². The zero-order valence-electron chi connectivity index (χ0n) is 23.7. The van der Waals surface area contributed by atoms with Crippen LogP contribution in [-0.4, -0.2) is 55.0 Å². The van der Waals surface area contributed by atoms with E-state index in [9.17, 15) is 4.79 Å². The quantitative estimate of drug-likeness (QED) is 0.276. The molecule has 1 aliphatic heterocycles. The summed E-state index contributed by atoms with van der Waals surface area (Å²) >= 11 is 12.2. The minimum absolute atomic E-state index is 0.00487. The molecule has 1 saturated heterocycles. The number of nitrogens with one attached hydrogen (secondary N) is 3. The maximum Gasteiger partial charge on any atom is 0.254 e. The molecule has 4 aliphatic rings. The summed E-state index contributed by atoms with van der Waals surface area (Å²) < 4.78 is 15.2. The topological polar surface area (TPSA) is 68.8 Å². The summed E-state index contributed by atoms with van der Waals surface area (Å²) in [5.74, 6) is 1.65. The summed E-state index contributed by atoms with van der Waals surface area (Å²) in [5, 5.41) is 10.8. The van der Waals surface area contributed by atoms with Crippen LogP contribution in [0.4, 0.5) is 10.1 Å². The molecular weight excluding hydrogens is 548 g/mol. The summed E-state index contributed by atoms with van der Waals surface area (Å²) in [6.07, 6.45) is 2.91. The molecule has 2 aromatic rings. The van der Waals surface area contributed by atoms with Crippen molar-refractivity contribution >= 4 is 40.8 Å². The zero-order valence-corrected chi connectivity index (χ0v) is 25.2. The lowest BCUT2D eigenvalue weighted by molar-refractivity contribution is -0.108. The first kappa shape index (κ1) is 29.2. The Morgan fingerprint density at radius 2 is 1.98 bits per heavy atom. The number of fused-ring (bicyclic) bond motifs is 2. The van der Waals surface area contributed by atoms with Crippen LogP contribution in [0.15, 0.2) is 41.4 Å². The average Bonchev–Trinajstić information content (AvgIpc) is 2.90. The van der Waals surface area contributed by atoms with Gasteiger partial charge < -0.3 is 20.9 Å². The highest BCUT2D eigenvalue weighted by Crippen LogP contribution is 2.61. The summed E-state index contributed by atoms with van der Waals surface area (Å²) in [6, 6.07) is 10.5. The van der Waals surface area contributed by atoms with Crippen molar-refractivity contribution in [1.82, 2.24) is 15.5 Å². The Balaban J connectivity index is 1.27. The first-order valence-corrected chi connectivity index (χ1v) is 15.1. The fourth-order valence-electron chi connectivity index (χ4n) is 6.80. The number of guanidine groups is 1. The van der Waals surface area contributed by atoms with Gasteiger partial charge in [-0.1, -0.05) is 50.0 Å². The third-order valence-electron chi connectivity index (χ3n) is 9.44. The van der Waals surface area contributed by atoms with Crippen LogP contribution < -0.4 is 16.0 Å². The molecular formula is C31H40Cl2FN5O. The average molecular weight is 589 g/mol. The summed E-state index contributed by atoms with van der Waals surface area (Å²) in [5.41, 5.74) is 1.85. The standard InChI is InChI=1S/C31H40Cl2FN5O/c1-18-17-39(12-11-35-18)30(38-28-14-21-13-25(19(28)2)31(21,3)4)37-23-7-8-24(27(34)16-23)29(40)36-10-9-20-5-6-22(32)15-26(20)33/h5-8,15-16,18-19,21,25,28,35H,9-14,17H2,1-4H3,(H,36,40)(H,37,38)/t18-,19+,21-,25-,28-/m0/s1. The Kier molecular flexibility index (Phi) is 8.65. The molecule has 0 spiro atoms. The molecule has 2 bridgehead atoms. The summed E-state index contributed by atoms with van der Waals surface area (Å²) in [6.45, 7) is 12.1. The number of anilines is 1. The third kappa shape index (κ3) is 6.12. The number of rotatable bonds is 6. The Morgan fingerprint density at radius 3 is 2.65 bits per heavy atom. The highest BCUT2D eigenvalue weighted by atomic mass is 35.5. The van der Waals surface area contributed by atoms with Gasteiger partial charge in [0.1, 0.15) is 5.82 Å². The maximum atomic E-state index is 15.2. The van der Waals surface area contributed by atoms with Gasteiger partial charge in [0.05, 0.1) is 11.6 Å². The van der Waals surface area contributed by atoms with Gasteiger partial charge in [-0.05, 0) is 85.3 Å². The molecule has 9 heteroatoms. The third-order valence-corrected chi connectivity index (χ3v) is 10.0. The van der Waals surface area contributed by atoms with Crippen LogP contribution in [0.1, 0.15) is 56.5 Å². The lowest BCUT2D eigenvalue weighted by Gasteiger charge is -2.61. The van der Waals surface area contributed by atoms with E-state index >= 15 is 4.39 Å².